The second kappa shape index (κ2) is 4.61. The molecule has 0 fully saturated rings. The van der Waals surface area contributed by atoms with E-state index < -0.39 is 0 Å². The second-order valence-corrected chi connectivity index (χ2v) is 1.86. The Hall–Kier alpha value is -0.360. The van der Waals surface area contributed by atoms with Crippen molar-refractivity contribution in [2.75, 3.05) is 5.73 Å². The summed E-state index contributed by atoms with van der Waals surface area (Å²) in [6.07, 6.45) is 2.94. The topological polar surface area (TPSA) is 80.5 Å². The minimum Gasteiger partial charge on any atom is -1.00 e. The van der Waals surface area contributed by atoms with Crippen molar-refractivity contribution >= 4 is 17.0 Å². The summed E-state index contributed by atoms with van der Waals surface area (Å²) in [7, 11) is 0. The van der Waals surface area contributed by atoms with Crippen molar-refractivity contribution in [2.45, 2.75) is 0 Å². The Morgan fingerprint density at radius 1 is 1.25 bits per heavy atom. The molecule has 0 saturated heterocycles. The van der Waals surface area contributed by atoms with Crippen molar-refractivity contribution in [1.82, 2.24) is 19.9 Å². The van der Waals surface area contributed by atoms with E-state index in [9.17, 15) is 0 Å². The summed E-state index contributed by atoms with van der Waals surface area (Å²) in [5.41, 5.74) is 6.77. The SMILES string of the molecule is Nc1ncnc2[nH]cnc12.[Cl-].[Na+]. The number of nitrogens with one attached hydrogen (secondary N) is 1. The fourth-order valence-corrected chi connectivity index (χ4v) is 0.783. The van der Waals surface area contributed by atoms with E-state index in [1.807, 2.05) is 0 Å². The number of hydrogen-bond acceptors (Lipinski definition) is 4. The molecule has 0 bridgehead atoms. The number of imidazole rings is 1. The Morgan fingerprint density at radius 2 is 2.00 bits per heavy atom. The quantitative estimate of drug-likeness (QED) is 0.408. The van der Waals surface area contributed by atoms with Crippen molar-refractivity contribution in [2.24, 2.45) is 0 Å². The molecule has 0 aliphatic heterocycles. The fourth-order valence-electron chi connectivity index (χ4n) is 0.783. The fraction of sp³-hybridized carbons (Fsp3) is 0. The third kappa shape index (κ3) is 1.87. The number of nitrogens with two attached hydrogens (primary N) is 1. The number of aromatic nitrogens is 4. The molecule has 0 radical (unpaired) electrons. The maximum absolute atomic E-state index is 5.47. The van der Waals surface area contributed by atoms with Gasteiger partial charge in [0.25, 0.3) is 0 Å². The number of fused-ring (bicyclic) bond motifs is 1. The summed E-state index contributed by atoms with van der Waals surface area (Å²) >= 11 is 0. The molecule has 2 rings (SSSR count). The molecular weight excluding hydrogens is 189 g/mol. The van der Waals surface area contributed by atoms with Crippen LogP contribution in [0.4, 0.5) is 5.82 Å². The number of nitrogens with zero attached hydrogens (tertiary/aromatic N) is 3. The predicted octanol–water partition coefficient (Wildman–Crippen LogP) is -6.06. The molecule has 12 heavy (non-hydrogen) atoms. The van der Waals surface area contributed by atoms with Gasteiger partial charge in [-0.15, -0.1) is 0 Å². The summed E-state index contributed by atoms with van der Waals surface area (Å²) in [5.74, 6) is 0.409. The number of anilines is 1. The molecule has 0 spiro atoms. The minimum absolute atomic E-state index is 0. The number of H-pyrrole nitrogens is 1. The van der Waals surface area contributed by atoms with E-state index in [0.717, 1.165) is 0 Å². The van der Waals surface area contributed by atoms with Crippen LogP contribution in [-0.2, 0) is 0 Å². The summed E-state index contributed by atoms with van der Waals surface area (Å²) in [4.78, 5) is 14.4. The van der Waals surface area contributed by atoms with Crippen LogP contribution in [0.3, 0.4) is 0 Å². The van der Waals surface area contributed by atoms with Crippen LogP contribution in [0.25, 0.3) is 11.2 Å². The molecule has 2 aromatic heterocycles. The monoisotopic (exact) mass is 193 g/mol. The molecule has 0 aliphatic rings. The van der Waals surface area contributed by atoms with Gasteiger partial charge in [-0.1, -0.05) is 0 Å². The van der Waals surface area contributed by atoms with Gasteiger partial charge in [-0.25, -0.2) is 15.0 Å². The summed E-state index contributed by atoms with van der Waals surface area (Å²) < 4.78 is 0. The molecule has 7 heteroatoms. The average molecular weight is 194 g/mol. The van der Waals surface area contributed by atoms with Crippen molar-refractivity contribution in [1.29, 1.82) is 0 Å². The standard InChI is InChI=1S/C5H5N5.ClH.Na/c6-4-3-5(9-1-7-3)10-2-8-4;;/h1-2H,(H3,6,7,8,9,10);1H;/q;;+1/p-1. The molecule has 0 amide bonds. The first-order chi connectivity index (χ1) is 4.88. The zero-order chi connectivity index (χ0) is 6.97. The maximum atomic E-state index is 5.47. The maximum Gasteiger partial charge on any atom is 1.00 e. The first-order valence-corrected chi connectivity index (χ1v) is 2.77. The first-order valence-electron chi connectivity index (χ1n) is 2.77. The van der Waals surface area contributed by atoms with Gasteiger partial charge >= 0.3 is 29.6 Å². The Labute approximate surface area is 96.9 Å². The van der Waals surface area contributed by atoms with Gasteiger partial charge in [-0.05, 0) is 0 Å². The van der Waals surface area contributed by atoms with Gasteiger partial charge in [0.1, 0.15) is 11.8 Å². The summed E-state index contributed by atoms with van der Waals surface area (Å²) in [6.45, 7) is 0. The van der Waals surface area contributed by atoms with E-state index in [2.05, 4.69) is 19.9 Å². The second-order valence-electron chi connectivity index (χ2n) is 1.86. The van der Waals surface area contributed by atoms with Crippen LogP contribution in [0.15, 0.2) is 12.7 Å². The number of rotatable bonds is 0. The molecule has 2 aromatic rings. The Morgan fingerprint density at radius 3 is 2.67 bits per heavy atom. The summed E-state index contributed by atoms with van der Waals surface area (Å²) in [5, 5.41) is 0. The Kier molecular flexibility index (Phi) is 4.47. The number of hydrogen-bond donors (Lipinski definition) is 2. The molecule has 0 atom stereocenters. The van der Waals surface area contributed by atoms with Crippen LogP contribution in [0, 0.1) is 0 Å². The zero-order valence-corrected chi connectivity index (χ0v) is 9.21. The molecule has 5 nitrogen and oxygen atoms in total. The van der Waals surface area contributed by atoms with Crippen molar-refractivity contribution in [3.8, 4) is 0 Å². The first kappa shape index (κ1) is 11.6. The van der Waals surface area contributed by atoms with Gasteiger partial charge in [0.2, 0.25) is 0 Å². The molecule has 58 valence electrons. The summed E-state index contributed by atoms with van der Waals surface area (Å²) in [6, 6.07) is 0. The van der Waals surface area contributed by atoms with E-state index >= 15 is 0 Å². The molecule has 3 N–H and O–H groups in total. The zero-order valence-electron chi connectivity index (χ0n) is 6.45. The van der Waals surface area contributed by atoms with Gasteiger partial charge in [-0.3, -0.25) is 0 Å². The molecule has 0 unspecified atom stereocenters. The Bertz CT molecular complexity index is 361. The third-order valence-electron chi connectivity index (χ3n) is 1.25. The minimum atomic E-state index is 0. The van der Waals surface area contributed by atoms with Gasteiger partial charge < -0.3 is 23.1 Å². The van der Waals surface area contributed by atoms with Crippen LogP contribution >= 0.6 is 0 Å². The van der Waals surface area contributed by atoms with Gasteiger partial charge in [0, 0.05) is 0 Å². The van der Waals surface area contributed by atoms with Crippen LogP contribution in [0.5, 0.6) is 0 Å². The van der Waals surface area contributed by atoms with E-state index in [1.165, 1.54) is 12.7 Å². The molecular formula is C5H5ClN5Na. The van der Waals surface area contributed by atoms with Gasteiger partial charge in [0.05, 0.1) is 6.33 Å². The van der Waals surface area contributed by atoms with Crippen LogP contribution in [-0.4, -0.2) is 19.9 Å². The smallest absolute Gasteiger partial charge is 1.00 e. The van der Waals surface area contributed by atoms with Crippen LogP contribution in [0.2, 0.25) is 0 Å². The number of halogens is 1. The van der Waals surface area contributed by atoms with E-state index in [4.69, 9.17) is 5.73 Å². The van der Waals surface area contributed by atoms with Crippen molar-refractivity contribution in [3.63, 3.8) is 0 Å². The average Bonchev–Trinajstić information content (AvgIpc) is 2.36. The number of nitrogen functional groups attached to an aromatic ring is 1. The third-order valence-corrected chi connectivity index (χ3v) is 1.25. The largest absolute Gasteiger partial charge is 1.00 e. The van der Waals surface area contributed by atoms with E-state index in [1.54, 1.807) is 0 Å². The molecule has 0 saturated carbocycles. The molecule has 0 aliphatic carbocycles. The van der Waals surface area contributed by atoms with Gasteiger partial charge in [-0.2, -0.15) is 0 Å². The van der Waals surface area contributed by atoms with Crippen LogP contribution in [0.1, 0.15) is 0 Å². The molecule has 2 heterocycles. The van der Waals surface area contributed by atoms with Gasteiger partial charge in [0.15, 0.2) is 11.5 Å². The van der Waals surface area contributed by atoms with E-state index in [-0.39, 0.29) is 42.0 Å². The van der Waals surface area contributed by atoms with Crippen molar-refractivity contribution in [3.05, 3.63) is 12.7 Å². The van der Waals surface area contributed by atoms with Crippen molar-refractivity contribution < 1.29 is 42.0 Å². The number of aromatic amines is 1. The van der Waals surface area contributed by atoms with Crippen LogP contribution < -0.4 is 47.7 Å². The normalized spacial score (nSPS) is 8.67. The molecule has 0 aromatic carbocycles. The van der Waals surface area contributed by atoms with E-state index in [0.29, 0.717) is 17.0 Å². The Balaban J connectivity index is 0.000000605. The predicted molar refractivity (Wildman–Crippen MR) is 36.1 cm³/mol.